The monoisotopic (exact) mass is 352 g/mol. The highest BCUT2D eigenvalue weighted by Crippen LogP contribution is 2.33. The highest BCUT2D eigenvalue weighted by atomic mass is 32.2. The van der Waals surface area contributed by atoms with Crippen molar-refractivity contribution in [2.24, 2.45) is 0 Å². The molecule has 2 fully saturated rings. The average molecular weight is 352 g/mol. The molecule has 24 heavy (non-hydrogen) atoms. The van der Waals surface area contributed by atoms with Gasteiger partial charge in [0.25, 0.3) is 0 Å². The second-order valence-electron chi connectivity index (χ2n) is 6.57. The Morgan fingerprint density at radius 3 is 2.79 bits per heavy atom. The number of aryl methyl sites for hydroxylation is 1. The number of carboxylic acids is 1. The first-order chi connectivity index (χ1) is 11.6. The molecule has 1 aliphatic heterocycles. The van der Waals surface area contributed by atoms with Gasteiger partial charge in [0.1, 0.15) is 12.4 Å². The Hall–Kier alpha value is -1.57. The Balaban J connectivity index is 1.78. The molecule has 0 unspecified atom stereocenters. The van der Waals surface area contributed by atoms with Crippen LogP contribution in [0.4, 0.5) is 0 Å². The van der Waals surface area contributed by atoms with Crippen LogP contribution in [0.2, 0.25) is 0 Å². The molecular formula is C16H24N4O3S. The molecule has 0 bridgehead atoms. The van der Waals surface area contributed by atoms with E-state index in [-0.39, 0.29) is 18.4 Å². The van der Waals surface area contributed by atoms with Crippen LogP contribution in [0.1, 0.15) is 49.7 Å². The molecule has 1 atom stereocenters. The fourth-order valence-corrected chi connectivity index (χ4v) is 4.11. The number of hydrogen-bond donors (Lipinski definition) is 1. The number of carbonyl (C=O) groups excluding carboxylic acids is 1. The third-order valence-electron chi connectivity index (χ3n) is 4.85. The molecule has 1 amide bonds. The van der Waals surface area contributed by atoms with Gasteiger partial charge < -0.3 is 10.0 Å². The maximum atomic E-state index is 12.4. The molecule has 1 aromatic rings. The summed E-state index contributed by atoms with van der Waals surface area (Å²) in [7, 11) is 0. The van der Waals surface area contributed by atoms with Crippen LogP contribution in [-0.4, -0.2) is 61.2 Å². The van der Waals surface area contributed by atoms with Gasteiger partial charge in [0.2, 0.25) is 5.91 Å². The van der Waals surface area contributed by atoms with Gasteiger partial charge in [-0.3, -0.25) is 9.59 Å². The van der Waals surface area contributed by atoms with Crippen molar-refractivity contribution in [1.29, 1.82) is 0 Å². The van der Waals surface area contributed by atoms with Gasteiger partial charge in [-0.15, -0.1) is 0 Å². The minimum absolute atomic E-state index is 0.0482. The lowest BCUT2D eigenvalue weighted by Crippen LogP contribution is -2.34. The van der Waals surface area contributed by atoms with Crippen molar-refractivity contribution in [2.45, 2.75) is 57.0 Å². The summed E-state index contributed by atoms with van der Waals surface area (Å²) in [4.78, 5) is 30.1. The fourth-order valence-electron chi connectivity index (χ4n) is 3.72. The first-order valence-electron chi connectivity index (χ1n) is 8.52. The molecule has 1 N–H and O–H groups in total. The van der Waals surface area contributed by atoms with Crippen molar-refractivity contribution in [3.05, 3.63) is 11.6 Å². The Kier molecular flexibility index (Phi) is 5.43. The van der Waals surface area contributed by atoms with Crippen molar-refractivity contribution in [3.8, 4) is 0 Å². The summed E-state index contributed by atoms with van der Waals surface area (Å²) in [6, 6.07) is 0.356. The third-order valence-corrected chi connectivity index (χ3v) is 5.46. The molecule has 1 aliphatic carbocycles. The Bertz CT molecular complexity index is 612. The maximum Gasteiger partial charge on any atom is 0.325 e. The second-order valence-corrected chi connectivity index (χ2v) is 7.55. The fraction of sp³-hybridized carbons (Fsp3) is 0.750. The van der Waals surface area contributed by atoms with Crippen molar-refractivity contribution >= 4 is 23.6 Å². The molecule has 0 radical (unpaired) electrons. The lowest BCUT2D eigenvalue weighted by atomic mass is 10.1. The number of carbonyl (C=O) groups is 2. The summed E-state index contributed by atoms with van der Waals surface area (Å²) in [6.45, 7) is 0.444. The van der Waals surface area contributed by atoms with Crippen molar-refractivity contribution in [2.75, 3.05) is 18.6 Å². The van der Waals surface area contributed by atoms with E-state index in [0.717, 1.165) is 18.6 Å². The minimum Gasteiger partial charge on any atom is -0.480 e. The highest BCUT2D eigenvalue weighted by molar-refractivity contribution is 7.98. The molecule has 132 valence electrons. The quantitative estimate of drug-likeness (QED) is 0.800. The lowest BCUT2D eigenvalue weighted by Gasteiger charge is -2.23. The van der Waals surface area contributed by atoms with Crippen LogP contribution in [0.5, 0.6) is 0 Å². The summed E-state index contributed by atoms with van der Waals surface area (Å²) >= 11 is 1.71. The topological polar surface area (TPSA) is 88.3 Å². The minimum atomic E-state index is -0.936. The number of thioether (sulfide) groups is 1. The predicted octanol–water partition coefficient (Wildman–Crippen LogP) is 1.53. The Morgan fingerprint density at radius 2 is 2.12 bits per heavy atom. The van der Waals surface area contributed by atoms with Crippen molar-refractivity contribution in [1.82, 2.24) is 19.7 Å². The van der Waals surface area contributed by atoms with Gasteiger partial charge in [0.15, 0.2) is 5.82 Å². The van der Waals surface area contributed by atoms with Crippen LogP contribution in [0.3, 0.4) is 0 Å². The van der Waals surface area contributed by atoms with Gasteiger partial charge >= 0.3 is 5.97 Å². The number of rotatable bonds is 7. The molecule has 7 nitrogen and oxygen atoms in total. The first kappa shape index (κ1) is 17.3. The van der Waals surface area contributed by atoms with Gasteiger partial charge in [0.05, 0.1) is 0 Å². The van der Waals surface area contributed by atoms with Crippen LogP contribution >= 0.6 is 11.8 Å². The van der Waals surface area contributed by atoms with E-state index in [9.17, 15) is 9.59 Å². The summed E-state index contributed by atoms with van der Waals surface area (Å²) < 4.78 is 1.48. The van der Waals surface area contributed by atoms with E-state index in [2.05, 4.69) is 10.1 Å². The van der Waals surface area contributed by atoms with Crippen molar-refractivity contribution in [3.63, 3.8) is 0 Å². The maximum absolute atomic E-state index is 12.4. The lowest BCUT2D eigenvalue weighted by molar-refractivity contribution is -0.138. The zero-order valence-corrected chi connectivity index (χ0v) is 14.8. The van der Waals surface area contributed by atoms with Crippen LogP contribution in [0.15, 0.2) is 0 Å². The van der Waals surface area contributed by atoms with Gasteiger partial charge in [0, 0.05) is 37.1 Å². The largest absolute Gasteiger partial charge is 0.480 e. The molecular weight excluding hydrogens is 328 g/mol. The number of carboxylic acid groups (broad SMARTS) is 1. The molecule has 0 aromatic carbocycles. The van der Waals surface area contributed by atoms with E-state index in [1.165, 1.54) is 17.5 Å². The SMILES string of the molecule is CSCCc1nc([C@H]2CC(=O)N(C3CCCC3)C2)n(CC(=O)O)n1. The van der Waals surface area contributed by atoms with Gasteiger partial charge in [-0.05, 0) is 19.1 Å². The summed E-state index contributed by atoms with van der Waals surface area (Å²) in [5, 5.41) is 13.5. The summed E-state index contributed by atoms with van der Waals surface area (Å²) in [5.74, 6) is 1.41. The molecule has 3 rings (SSSR count). The number of amides is 1. The molecule has 1 saturated carbocycles. The van der Waals surface area contributed by atoms with E-state index in [0.29, 0.717) is 37.1 Å². The second kappa shape index (κ2) is 7.55. The molecule has 8 heteroatoms. The zero-order valence-electron chi connectivity index (χ0n) is 14.0. The van der Waals surface area contributed by atoms with Crippen molar-refractivity contribution < 1.29 is 14.7 Å². The Labute approximate surface area is 145 Å². The zero-order chi connectivity index (χ0) is 17.1. The number of aliphatic carboxylic acids is 1. The summed E-state index contributed by atoms with van der Waals surface area (Å²) in [5.41, 5.74) is 0. The van der Waals surface area contributed by atoms with Gasteiger partial charge in [-0.2, -0.15) is 16.9 Å². The third kappa shape index (κ3) is 3.74. The van der Waals surface area contributed by atoms with Crippen LogP contribution < -0.4 is 0 Å². The molecule has 1 aromatic heterocycles. The smallest absolute Gasteiger partial charge is 0.325 e. The molecule has 2 heterocycles. The Morgan fingerprint density at radius 1 is 1.38 bits per heavy atom. The molecule has 0 spiro atoms. The van der Waals surface area contributed by atoms with E-state index in [1.807, 2.05) is 11.2 Å². The molecule has 2 aliphatic rings. The highest BCUT2D eigenvalue weighted by Gasteiger charge is 2.38. The number of hydrogen-bond acceptors (Lipinski definition) is 5. The number of aromatic nitrogens is 3. The van der Waals surface area contributed by atoms with Gasteiger partial charge in [-0.1, -0.05) is 12.8 Å². The number of likely N-dealkylation sites (tertiary alicyclic amines) is 1. The normalized spacial score (nSPS) is 21.8. The van der Waals surface area contributed by atoms with Crippen LogP contribution in [-0.2, 0) is 22.6 Å². The van der Waals surface area contributed by atoms with E-state index < -0.39 is 5.97 Å². The predicted molar refractivity (Wildman–Crippen MR) is 91.1 cm³/mol. The van der Waals surface area contributed by atoms with E-state index in [4.69, 9.17) is 5.11 Å². The van der Waals surface area contributed by atoms with Gasteiger partial charge in [-0.25, -0.2) is 9.67 Å². The molecule has 1 saturated heterocycles. The first-order valence-corrected chi connectivity index (χ1v) is 9.91. The summed E-state index contributed by atoms with van der Waals surface area (Å²) in [6.07, 6.45) is 7.69. The van der Waals surface area contributed by atoms with E-state index >= 15 is 0 Å². The average Bonchev–Trinajstić information content (AvgIpc) is 3.24. The van der Waals surface area contributed by atoms with Crippen LogP contribution in [0.25, 0.3) is 0 Å². The number of nitrogens with zero attached hydrogens (tertiary/aromatic N) is 4. The van der Waals surface area contributed by atoms with E-state index in [1.54, 1.807) is 11.8 Å². The standard InChI is InChI=1S/C16H24N4O3S/c1-24-7-6-13-17-16(20(18-13)10-15(22)23)11-8-14(21)19(9-11)12-4-2-3-5-12/h11-12H,2-10H2,1H3,(H,22,23)/t11-/m0/s1. The van der Waals surface area contributed by atoms with Crippen LogP contribution in [0, 0.1) is 0 Å².